The molecule has 2 heteroatoms. The van der Waals surface area contributed by atoms with Gasteiger partial charge in [0.25, 0.3) is 0 Å². The highest BCUT2D eigenvalue weighted by Crippen LogP contribution is 2.65. The van der Waals surface area contributed by atoms with Gasteiger partial charge in [-0.1, -0.05) is 194 Å². The molecule has 1 aromatic heterocycles. The zero-order valence-corrected chi connectivity index (χ0v) is 35.6. The van der Waals surface area contributed by atoms with E-state index in [2.05, 4.69) is 231 Å². The Hall–Kier alpha value is -7.94. The quantitative estimate of drug-likeness (QED) is 0.162. The van der Waals surface area contributed by atoms with Crippen molar-refractivity contribution in [2.24, 2.45) is 7.05 Å². The number of benzene rings is 9. The van der Waals surface area contributed by atoms with E-state index in [0.29, 0.717) is 0 Å². The van der Waals surface area contributed by atoms with Crippen molar-refractivity contribution in [1.82, 2.24) is 4.98 Å². The fourth-order valence-corrected chi connectivity index (χ4v) is 12.6. The summed E-state index contributed by atoms with van der Waals surface area (Å²) in [4.78, 5) is 5.74. The second kappa shape index (κ2) is 12.8. The van der Waals surface area contributed by atoms with Gasteiger partial charge in [0.2, 0.25) is 5.69 Å². The first-order chi connectivity index (χ1) is 31.6. The van der Waals surface area contributed by atoms with Crippen LogP contribution in [0.4, 0.5) is 0 Å². The van der Waals surface area contributed by atoms with Crippen LogP contribution < -0.4 is 4.57 Å². The maximum atomic E-state index is 5.74. The normalized spacial score (nSPS) is 14.3. The first kappa shape index (κ1) is 35.6. The Morgan fingerprint density at radius 3 is 1.20 bits per heavy atom. The van der Waals surface area contributed by atoms with Crippen molar-refractivity contribution in [3.8, 4) is 78.3 Å². The van der Waals surface area contributed by atoms with Gasteiger partial charge in [0.1, 0.15) is 18.4 Å². The van der Waals surface area contributed by atoms with Gasteiger partial charge in [-0.3, -0.25) is 0 Å². The van der Waals surface area contributed by atoms with Crippen LogP contribution in [0.15, 0.2) is 212 Å². The summed E-state index contributed by atoms with van der Waals surface area (Å²) >= 11 is 0. The Bertz CT molecular complexity index is 3540. The number of rotatable bonds is 3. The van der Waals surface area contributed by atoms with Crippen LogP contribution in [0.1, 0.15) is 50.1 Å². The third-order valence-corrected chi connectivity index (χ3v) is 15.1. The molecule has 14 rings (SSSR count). The van der Waals surface area contributed by atoms with Crippen molar-refractivity contribution in [2.45, 2.75) is 17.8 Å². The van der Waals surface area contributed by atoms with Crippen LogP contribution in [-0.4, -0.2) is 4.98 Å². The molecule has 0 N–H and O–H groups in total. The molecule has 4 aliphatic carbocycles. The first-order valence-electron chi connectivity index (χ1n) is 22.4. The largest absolute Gasteiger partial charge is 0.239 e. The first-order valence-corrected chi connectivity index (χ1v) is 22.4. The SMILES string of the molecule is Cc1cc2c(cc1-c1c(-c3ccc4c(c3)C3(c5ccccc5-c5ccccc53)c3ccccc3-4)nc(-c3ccccc3)c[n+]1C)C1(c3ccccc3-c3ccccc31)c1ccccc1-2. The van der Waals surface area contributed by atoms with Crippen molar-refractivity contribution in [1.29, 1.82) is 0 Å². The van der Waals surface area contributed by atoms with Gasteiger partial charge in [0, 0.05) is 11.1 Å². The minimum absolute atomic E-state index is 0.452. The minimum Gasteiger partial charge on any atom is -0.234 e. The average molecular weight is 814 g/mol. The Kier molecular flexibility index (Phi) is 7.13. The van der Waals surface area contributed by atoms with Crippen LogP contribution in [0, 0.1) is 6.92 Å². The van der Waals surface area contributed by atoms with Crippen LogP contribution in [-0.2, 0) is 17.9 Å². The van der Waals surface area contributed by atoms with Crippen LogP contribution in [0.5, 0.6) is 0 Å². The second-order valence-electron chi connectivity index (χ2n) is 18.0. The standard InChI is InChI=1S/C62H41N2/c1-38-34-49-46-25-11-17-31-55(46)62(52-28-14-8-22-43(52)44-23-9-15-29-53(44)62)57(49)36-48(38)60-59(63-58(37-64(60)2)39-18-4-3-5-19-39)40-32-33-47-45-24-10-16-30-54(45)61(56(47)35-40)50-26-12-6-20-41(50)42-21-7-13-27-51(42)61/h3-37H,1-2H3/q+1. The van der Waals surface area contributed by atoms with Crippen LogP contribution in [0.2, 0.25) is 0 Å². The highest BCUT2D eigenvalue weighted by molar-refractivity contribution is 5.99. The minimum atomic E-state index is -0.459. The molecule has 298 valence electrons. The smallest absolute Gasteiger partial charge is 0.234 e. The van der Waals surface area contributed by atoms with Gasteiger partial charge in [-0.15, -0.1) is 0 Å². The zero-order valence-electron chi connectivity index (χ0n) is 35.6. The van der Waals surface area contributed by atoms with Crippen molar-refractivity contribution in [3.05, 3.63) is 263 Å². The lowest BCUT2D eigenvalue weighted by Gasteiger charge is -2.31. The number of fused-ring (bicyclic) bond motifs is 20. The molecule has 2 spiro atoms. The van der Waals surface area contributed by atoms with Gasteiger partial charge in [0.15, 0.2) is 6.20 Å². The lowest BCUT2D eigenvalue weighted by Crippen LogP contribution is -2.33. The van der Waals surface area contributed by atoms with Crippen LogP contribution in [0.25, 0.3) is 78.3 Å². The van der Waals surface area contributed by atoms with E-state index in [4.69, 9.17) is 4.98 Å². The predicted octanol–water partition coefficient (Wildman–Crippen LogP) is 13.9. The molecule has 0 unspecified atom stereocenters. The molecule has 0 saturated carbocycles. The number of hydrogen-bond acceptors (Lipinski definition) is 1. The van der Waals surface area contributed by atoms with Gasteiger partial charge < -0.3 is 0 Å². The van der Waals surface area contributed by atoms with Gasteiger partial charge in [-0.25, -0.2) is 4.98 Å². The molecule has 0 amide bonds. The molecular formula is C62H41N2+. The van der Waals surface area contributed by atoms with Crippen molar-refractivity contribution in [2.75, 3.05) is 0 Å². The van der Waals surface area contributed by atoms with Crippen molar-refractivity contribution >= 4 is 0 Å². The third kappa shape index (κ3) is 4.35. The molecule has 2 nitrogen and oxygen atoms in total. The van der Waals surface area contributed by atoms with E-state index in [0.717, 1.165) is 28.2 Å². The Labute approximate surface area is 373 Å². The summed E-state index contributed by atoms with van der Waals surface area (Å²) in [6, 6.07) is 77.2. The zero-order chi connectivity index (χ0) is 42.3. The Balaban J connectivity index is 1.06. The van der Waals surface area contributed by atoms with E-state index in [1.54, 1.807) is 0 Å². The summed E-state index contributed by atoms with van der Waals surface area (Å²) in [7, 11) is 2.21. The van der Waals surface area contributed by atoms with Crippen molar-refractivity contribution in [3.63, 3.8) is 0 Å². The van der Waals surface area contributed by atoms with Gasteiger partial charge in [-0.2, -0.15) is 4.57 Å². The van der Waals surface area contributed by atoms with E-state index in [-0.39, 0.29) is 0 Å². The molecule has 0 fully saturated rings. The second-order valence-corrected chi connectivity index (χ2v) is 18.0. The van der Waals surface area contributed by atoms with Crippen LogP contribution >= 0.6 is 0 Å². The molecule has 10 aromatic rings. The fourth-order valence-electron chi connectivity index (χ4n) is 12.6. The molecule has 64 heavy (non-hydrogen) atoms. The lowest BCUT2D eigenvalue weighted by molar-refractivity contribution is -0.659. The topological polar surface area (TPSA) is 16.8 Å². The summed E-state index contributed by atoms with van der Waals surface area (Å²) < 4.78 is 2.34. The molecule has 1 heterocycles. The molecular weight excluding hydrogens is 773 g/mol. The van der Waals surface area contributed by atoms with E-state index in [1.165, 1.54) is 100 Å². The number of aromatic nitrogens is 2. The lowest BCUT2D eigenvalue weighted by atomic mass is 9.70. The molecule has 0 aliphatic heterocycles. The van der Waals surface area contributed by atoms with E-state index in [1.807, 2.05) is 0 Å². The van der Waals surface area contributed by atoms with E-state index in [9.17, 15) is 0 Å². The van der Waals surface area contributed by atoms with Crippen molar-refractivity contribution < 1.29 is 4.57 Å². The summed E-state index contributed by atoms with van der Waals surface area (Å²) in [6.07, 6.45) is 2.22. The molecule has 4 aliphatic rings. The average Bonchev–Trinajstić information content (AvgIpc) is 4.02. The summed E-state index contributed by atoms with van der Waals surface area (Å²) in [6.45, 7) is 2.29. The van der Waals surface area contributed by atoms with Gasteiger partial charge in [-0.05, 0) is 114 Å². The number of nitrogens with zero attached hydrogens (tertiary/aromatic N) is 2. The fraction of sp³-hybridized carbons (Fsp3) is 0.0645. The van der Waals surface area contributed by atoms with Gasteiger partial charge in [0.05, 0.1) is 16.4 Å². The molecule has 9 aromatic carbocycles. The molecule has 0 atom stereocenters. The molecule has 0 saturated heterocycles. The number of aryl methyl sites for hydroxylation is 2. The highest BCUT2D eigenvalue weighted by Gasteiger charge is 2.53. The third-order valence-electron chi connectivity index (χ3n) is 15.1. The number of hydrogen-bond donors (Lipinski definition) is 0. The molecule has 0 bridgehead atoms. The Morgan fingerprint density at radius 2 is 0.734 bits per heavy atom. The monoisotopic (exact) mass is 813 g/mol. The highest BCUT2D eigenvalue weighted by atomic mass is 15.0. The van der Waals surface area contributed by atoms with E-state index < -0.39 is 10.8 Å². The summed E-state index contributed by atoms with van der Waals surface area (Å²) in [5, 5.41) is 0. The summed E-state index contributed by atoms with van der Waals surface area (Å²) in [5.74, 6) is 0. The molecule has 0 radical (unpaired) electrons. The maximum absolute atomic E-state index is 5.74. The Morgan fingerprint density at radius 1 is 0.344 bits per heavy atom. The summed E-state index contributed by atoms with van der Waals surface area (Å²) in [5.41, 5.74) is 27.8. The maximum Gasteiger partial charge on any atom is 0.239 e. The van der Waals surface area contributed by atoms with Gasteiger partial charge >= 0.3 is 0 Å². The van der Waals surface area contributed by atoms with Crippen LogP contribution in [0.3, 0.4) is 0 Å². The predicted molar refractivity (Wildman–Crippen MR) is 259 cm³/mol. The van der Waals surface area contributed by atoms with E-state index >= 15 is 0 Å².